The fourth-order valence-electron chi connectivity index (χ4n) is 3.50. The molecule has 1 fully saturated rings. The summed E-state index contributed by atoms with van der Waals surface area (Å²) in [5, 5.41) is 2.87. The van der Waals surface area contributed by atoms with Gasteiger partial charge in [0.15, 0.2) is 11.5 Å². The Morgan fingerprint density at radius 1 is 1.23 bits per heavy atom. The normalized spacial score (nSPS) is 19.4. The summed E-state index contributed by atoms with van der Waals surface area (Å²) in [6.07, 6.45) is 3.66. The first-order valence-electron chi connectivity index (χ1n) is 9.97. The van der Waals surface area contributed by atoms with Crippen molar-refractivity contribution in [1.29, 1.82) is 0 Å². The van der Waals surface area contributed by atoms with E-state index in [9.17, 15) is 9.59 Å². The first-order valence-corrected chi connectivity index (χ1v) is 9.97. The minimum absolute atomic E-state index is 0.0483. The molecule has 2 aliphatic heterocycles. The van der Waals surface area contributed by atoms with Crippen molar-refractivity contribution in [1.82, 2.24) is 5.32 Å². The van der Waals surface area contributed by atoms with Crippen molar-refractivity contribution in [3.8, 4) is 11.5 Å². The maximum atomic E-state index is 13.1. The third kappa shape index (κ3) is 4.46. The molecule has 1 saturated heterocycles. The molecule has 2 aromatic rings. The Morgan fingerprint density at radius 2 is 2.03 bits per heavy atom. The summed E-state index contributed by atoms with van der Waals surface area (Å²) in [5.41, 5.74) is 1.36. The molecule has 1 atom stereocenters. The Balaban J connectivity index is 1.53. The van der Waals surface area contributed by atoms with E-state index in [-0.39, 0.29) is 30.2 Å². The third-order valence-corrected chi connectivity index (χ3v) is 5.10. The van der Waals surface area contributed by atoms with Crippen molar-refractivity contribution in [2.24, 2.45) is 0 Å². The largest absolute Gasteiger partial charge is 0.497 e. The van der Waals surface area contributed by atoms with Crippen LogP contribution in [0.4, 0.5) is 5.69 Å². The van der Waals surface area contributed by atoms with Gasteiger partial charge < -0.3 is 19.5 Å². The first-order chi connectivity index (χ1) is 14.6. The lowest BCUT2D eigenvalue weighted by Crippen LogP contribution is -2.45. The van der Waals surface area contributed by atoms with Gasteiger partial charge in [0.25, 0.3) is 5.91 Å². The van der Waals surface area contributed by atoms with Crippen molar-refractivity contribution in [3.05, 3.63) is 59.9 Å². The fraction of sp³-hybridized carbons (Fsp3) is 0.304. The average Bonchev–Trinajstić information content (AvgIpc) is 3.29. The predicted molar refractivity (Wildman–Crippen MR) is 112 cm³/mol. The molecule has 0 bridgehead atoms. The topological polar surface area (TPSA) is 77.1 Å². The quantitative estimate of drug-likeness (QED) is 0.744. The second-order valence-electron chi connectivity index (χ2n) is 7.18. The number of carbonyl (C=O) groups excluding carboxylic acids is 2. The van der Waals surface area contributed by atoms with Crippen molar-refractivity contribution in [3.63, 3.8) is 0 Å². The summed E-state index contributed by atoms with van der Waals surface area (Å²) in [7, 11) is 1.60. The van der Waals surface area contributed by atoms with E-state index in [4.69, 9.17) is 14.2 Å². The molecular weight excluding hydrogens is 384 g/mol. The van der Waals surface area contributed by atoms with E-state index >= 15 is 0 Å². The average molecular weight is 408 g/mol. The minimum atomic E-state index is -0.364. The highest BCUT2D eigenvalue weighted by atomic mass is 16.5. The van der Waals surface area contributed by atoms with Crippen LogP contribution in [0, 0.1) is 0 Å². The number of nitrogens with one attached hydrogen (secondary N) is 1. The number of benzene rings is 2. The van der Waals surface area contributed by atoms with E-state index in [1.54, 1.807) is 25.3 Å². The second kappa shape index (κ2) is 9.00. The van der Waals surface area contributed by atoms with Crippen molar-refractivity contribution < 1.29 is 23.8 Å². The predicted octanol–water partition coefficient (Wildman–Crippen LogP) is 2.76. The monoisotopic (exact) mass is 408 g/mol. The van der Waals surface area contributed by atoms with E-state index in [0.29, 0.717) is 18.0 Å². The summed E-state index contributed by atoms with van der Waals surface area (Å²) in [6.45, 7) is 1.09. The van der Waals surface area contributed by atoms with Crippen LogP contribution in [0.25, 0.3) is 6.08 Å². The van der Waals surface area contributed by atoms with Crippen LogP contribution in [-0.4, -0.2) is 44.7 Å². The van der Waals surface area contributed by atoms with Crippen LogP contribution >= 0.6 is 0 Å². The van der Waals surface area contributed by atoms with Gasteiger partial charge in [-0.3, -0.25) is 14.5 Å². The molecule has 0 aliphatic carbocycles. The number of methoxy groups -OCH3 is 1. The summed E-state index contributed by atoms with van der Waals surface area (Å²) in [6, 6.07) is 14.5. The molecule has 156 valence electrons. The van der Waals surface area contributed by atoms with Gasteiger partial charge in [-0.05, 0) is 48.7 Å². The van der Waals surface area contributed by atoms with Crippen molar-refractivity contribution >= 4 is 23.6 Å². The summed E-state index contributed by atoms with van der Waals surface area (Å²) in [5.74, 6) is 0.814. The number of ether oxygens (including phenoxy) is 3. The van der Waals surface area contributed by atoms with Crippen molar-refractivity contribution in [2.45, 2.75) is 18.9 Å². The molecule has 0 unspecified atom stereocenters. The SMILES string of the molecule is COc1ccc(/C=C2\Oc3ccccc3N(CC(=O)NC[C@H]3CCCO3)C2=O)cc1. The second-order valence-corrected chi connectivity index (χ2v) is 7.18. The Kier molecular flexibility index (Phi) is 5.99. The van der Waals surface area contributed by atoms with Crippen LogP contribution in [0.3, 0.4) is 0 Å². The van der Waals surface area contributed by atoms with Crippen LogP contribution in [0.1, 0.15) is 18.4 Å². The zero-order chi connectivity index (χ0) is 20.9. The standard InChI is InChI=1S/C23H24N2O5/c1-28-17-10-8-16(9-11-17)13-21-23(27)25(19-6-2-3-7-20(19)30-21)15-22(26)24-14-18-5-4-12-29-18/h2-3,6-11,13,18H,4-5,12,14-15H2,1H3,(H,24,26)/b21-13-/t18-/m1/s1. The van der Waals surface area contributed by atoms with Gasteiger partial charge >= 0.3 is 0 Å². The first kappa shape index (κ1) is 20.0. The summed E-state index contributed by atoms with van der Waals surface area (Å²) in [4.78, 5) is 27.1. The molecule has 0 saturated carbocycles. The maximum absolute atomic E-state index is 13.1. The Labute approximate surface area is 175 Å². The molecule has 0 aromatic heterocycles. The number of rotatable bonds is 6. The molecule has 0 spiro atoms. The molecule has 30 heavy (non-hydrogen) atoms. The van der Waals surface area contributed by atoms with E-state index in [2.05, 4.69) is 5.32 Å². The highest BCUT2D eigenvalue weighted by Crippen LogP contribution is 2.35. The summed E-state index contributed by atoms with van der Waals surface area (Å²) >= 11 is 0. The smallest absolute Gasteiger partial charge is 0.294 e. The molecule has 0 radical (unpaired) electrons. The Hall–Kier alpha value is -3.32. The van der Waals surface area contributed by atoms with Crippen LogP contribution in [0.15, 0.2) is 54.3 Å². The number of hydrogen-bond acceptors (Lipinski definition) is 5. The molecular formula is C23H24N2O5. The molecule has 1 N–H and O–H groups in total. The summed E-state index contributed by atoms with van der Waals surface area (Å²) < 4.78 is 16.5. The third-order valence-electron chi connectivity index (χ3n) is 5.10. The van der Waals surface area contributed by atoms with Gasteiger partial charge in [0.2, 0.25) is 5.91 Å². The molecule has 7 nitrogen and oxygen atoms in total. The van der Waals surface area contributed by atoms with Crippen molar-refractivity contribution in [2.75, 3.05) is 31.7 Å². The molecule has 2 amide bonds. The highest BCUT2D eigenvalue weighted by Gasteiger charge is 2.31. The number of carbonyl (C=O) groups is 2. The number of fused-ring (bicyclic) bond motifs is 1. The minimum Gasteiger partial charge on any atom is -0.497 e. The number of amides is 2. The van der Waals surface area contributed by atoms with Gasteiger partial charge in [-0.25, -0.2) is 0 Å². The van der Waals surface area contributed by atoms with Gasteiger partial charge in [-0.15, -0.1) is 0 Å². The Morgan fingerprint density at radius 3 is 2.77 bits per heavy atom. The molecule has 4 rings (SSSR count). The van der Waals surface area contributed by atoms with Crippen LogP contribution < -0.4 is 19.7 Å². The van der Waals surface area contributed by atoms with Crippen LogP contribution in [-0.2, 0) is 14.3 Å². The van der Waals surface area contributed by atoms with Crippen LogP contribution in [0.2, 0.25) is 0 Å². The fourth-order valence-corrected chi connectivity index (χ4v) is 3.50. The molecule has 2 aromatic carbocycles. The zero-order valence-electron chi connectivity index (χ0n) is 16.8. The van der Waals surface area contributed by atoms with E-state index in [1.165, 1.54) is 4.90 Å². The zero-order valence-corrected chi connectivity index (χ0v) is 16.8. The van der Waals surface area contributed by atoms with Gasteiger partial charge in [0.05, 0.1) is 18.9 Å². The maximum Gasteiger partial charge on any atom is 0.294 e. The Bertz CT molecular complexity index is 948. The van der Waals surface area contributed by atoms with E-state index in [0.717, 1.165) is 30.8 Å². The van der Waals surface area contributed by atoms with Gasteiger partial charge in [0, 0.05) is 13.2 Å². The number of anilines is 1. The van der Waals surface area contributed by atoms with E-state index < -0.39 is 0 Å². The lowest BCUT2D eigenvalue weighted by molar-refractivity contribution is -0.123. The van der Waals surface area contributed by atoms with Crippen LogP contribution in [0.5, 0.6) is 11.5 Å². The lowest BCUT2D eigenvalue weighted by atomic mass is 10.1. The number of nitrogens with zero attached hydrogens (tertiary/aromatic N) is 1. The van der Waals surface area contributed by atoms with E-state index in [1.807, 2.05) is 36.4 Å². The number of para-hydroxylation sites is 2. The number of hydrogen-bond donors (Lipinski definition) is 1. The highest BCUT2D eigenvalue weighted by molar-refractivity contribution is 6.12. The molecule has 2 heterocycles. The molecule has 7 heteroatoms. The van der Waals surface area contributed by atoms with Gasteiger partial charge in [0.1, 0.15) is 12.3 Å². The lowest BCUT2D eigenvalue weighted by Gasteiger charge is -2.30. The molecule has 2 aliphatic rings. The van der Waals surface area contributed by atoms with Gasteiger partial charge in [-0.1, -0.05) is 24.3 Å². The van der Waals surface area contributed by atoms with Gasteiger partial charge in [-0.2, -0.15) is 0 Å².